The fraction of sp³-hybridized carbons (Fsp3) is 0.296. The van der Waals surface area contributed by atoms with Gasteiger partial charge < -0.3 is 19.3 Å². The van der Waals surface area contributed by atoms with Gasteiger partial charge in [0, 0.05) is 28.4 Å². The van der Waals surface area contributed by atoms with Crippen molar-refractivity contribution in [3.05, 3.63) is 87.6 Å². The number of benzene rings is 2. The molecule has 0 aliphatic heterocycles. The number of hydrogen-bond donors (Lipinski definition) is 1. The third-order valence-corrected chi connectivity index (χ3v) is 5.28. The molecule has 1 aliphatic carbocycles. The molecule has 5 nitrogen and oxygen atoms in total. The van der Waals surface area contributed by atoms with E-state index >= 15 is 0 Å². The third-order valence-electron chi connectivity index (χ3n) is 4.54. The van der Waals surface area contributed by atoms with Gasteiger partial charge in [0.2, 0.25) is 0 Å². The number of ether oxygens (including phenoxy) is 3. The van der Waals surface area contributed by atoms with Crippen LogP contribution in [0.2, 0.25) is 5.02 Å². The van der Waals surface area contributed by atoms with E-state index in [2.05, 4.69) is 15.9 Å². The van der Waals surface area contributed by atoms with Gasteiger partial charge in [-0.3, -0.25) is 4.79 Å². The van der Waals surface area contributed by atoms with Gasteiger partial charge in [0.25, 0.3) is 0 Å². The molecule has 0 amide bonds. The van der Waals surface area contributed by atoms with Crippen LogP contribution < -0.4 is 9.47 Å². The zero-order valence-corrected chi connectivity index (χ0v) is 21.9. The second kappa shape index (κ2) is 14.5. The highest BCUT2D eigenvalue weighted by Crippen LogP contribution is 2.35. The number of carboxylic acids is 1. The van der Waals surface area contributed by atoms with Crippen LogP contribution in [0.4, 0.5) is 0 Å². The number of rotatable bonds is 10. The minimum Gasteiger partial charge on any atom is -0.497 e. The van der Waals surface area contributed by atoms with Crippen molar-refractivity contribution in [1.29, 1.82) is 0 Å². The molecule has 3 rings (SSSR count). The fourth-order valence-corrected chi connectivity index (χ4v) is 3.75. The SMILES string of the molecule is CC.CC(CCOC1=CC=C(CC(=O)O)C=C(Br)C1)Oc1ccc(Cl)cc1Oc1ccccc1. The van der Waals surface area contributed by atoms with Gasteiger partial charge in [0.05, 0.1) is 19.1 Å². The Morgan fingerprint density at radius 1 is 1.12 bits per heavy atom. The molecular formula is C27H30BrClO5. The summed E-state index contributed by atoms with van der Waals surface area (Å²) in [5.41, 5.74) is 0.716. The van der Waals surface area contributed by atoms with Crippen LogP contribution >= 0.6 is 27.5 Å². The second-order valence-electron chi connectivity index (χ2n) is 7.28. The molecule has 0 radical (unpaired) electrons. The lowest BCUT2D eigenvalue weighted by Gasteiger charge is -2.18. The Hall–Kier alpha value is -2.70. The summed E-state index contributed by atoms with van der Waals surface area (Å²) in [6, 6.07) is 14.7. The van der Waals surface area contributed by atoms with Crippen LogP contribution in [0, 0.1) is 0 Å². The van der Waals surface area contributed by atoms with Crippen LogP contribution in [0.1, 0.15) is 40.0 Å². The lowest BCUT2D eigenvalue weighted by Crippen LogP contribution is -2.15. The van der Waals surface area contributed by atoms with Crippen molar-refractivity contribution in [2.75, 3.05) is 6.61 Å². The number of carboxylic acid groups (broad SMARTS) is 1. The standard InChI is InChI=1S/C25H24BrClO5.C2H6/c1-17(11-12-30-22-9-7-18(14-25(28)29)13-19(26)15-22)31-23-10-8-20(27)16-24(23)32-21-5-3-2-4-6-21;1-2/h2-10,13,16-17H,11-12,14-15H2,1H3,(H,28,29);1-2H3. The summed E-state index contributed by atoms with van der Waals surface area (Å²) in [5.74, 6) is 1.75. The first kappa shape index (κ1) is 27.5. The molecular weight excluding hydrogens is 520 g/mol. The van der Waals surface area contributed by atoms with Gasteiger partial charge in [0.1, 0.15) is 11.5 Å². The van der Waals surface area contributed by atoms with E-state index in [0.717, 1.165) is 10.2 Å². The van der Waals surface area contributed by atoms with E-state index in [1.165, 1.54) is 0 Å². The Morgan fingerprint density at radius 2 is 1.85 bits per heavy atom. The molecule has 1 aliphatic rings. The number of aliphatic carboxylic acids is 1. The molecule has 0 saturated heterocycles. The molecule has 0 spiro atoms. The molecule has 0 heterocycles. The van der Waals surface area contributed by atoms with Crippen molar-refractivity contribution >= 4 is 33.5 Å². The van der Waals surface area contributed by atoms with Gasteiger partial charge in [-0.1, -0.05) is 65.7 Å². The predicted octanol–water partition coefficient (Wildman–Crippen LogP) is 8.30. The molecule has 2 aromatic carbocycles. The summed E-state index contributed by atoms with van der Waals surface area (Å²) in [7, 11) is 0. The van der Waals surface area contributed by atoms with Gasteiger partial charge in [-0.25, -0.2) is 0 Å². The largest absolute Gasteiger partial charge is 0.497 e. The van der Waals surface area contributed by atoms with E-state index in [4.69, 9.17) is 30.9 Å². The molecule has 0 bridgehead atoms. The minimum atomic E-state index is -0.866. The summed E-state index contributed by atoms with van der Waals surface area (Å²) in [6.45, 7) is 6.42. The van der Waals surface area contributed by atoms with Crippen molar-refractivity contribution < 1.29 is 24.1 Å². The molecule has 0 fully saturated rings. The highest BCUT2D eigenvalue weighted by Gasteiger charge is 2.13. The Kier molecular flexibility index (Phi) is 11.8. The molecule has 1 atom stereocenters. The number of halogens is 2. The molecule has 0 aromatic heterocycles. The van der Waals surface area contributed by atoms with Crippen molar-refractivity contribution in [1.82, 2.24) is 0 Å². The maximum Gasteiger partial charge on any atom is 0.307 e. The summed E-state index contributed by atoms with van der Waals surface area (Å²) < 4.78 is 18.8. The number of para-hydroxylation sites is 1. The maximum atomic E-state index is 10.9. The average Bonchev–Trinajstić information content (AvgIpc) is 2.97. The first-order valence-corrected chi connectivity index (χ1v) is 12.4. The summed E-state index contributed by atoms with van der Waals surface area (Å²) >= 11 is 9.62. The van der Waals surface area contributed by atoms with Gasteiger partial charge in [-0.2, -0.15) is 0 Å². The number of carbonyl (C=O) groups is 1. The zero-order chi connectivity index (χ0) is 24.9. The third kappa shape index (κ3) is 9.65. The van der Waals surface area contributed by atoms with Gasteiger partial charge >= 0.3 is 5.97 Å². The van der Waals surface area contributed by atoms with Crippen molar-refractivity contribution in [3.63, 3.8) is 0 Å². The van der Waals surface area contributed by atoms with Crippen molar-refractivity contribution in [2.45, 2.75) is 46.1 Å². The monoisotopic (exact) mass is 548 g/mol. The predicted molar refractivity (Wildman–Crippen MR) is 140 cm³/mol. The van der Waals surface area contributed by atoms with E-state index in [9.17, 15) is 4.79 Å². The first-order valence-electron chi connectivity index (χ1n) is 11.2. The van der Waals surface area contributed by atoms with E-state index in [1.54, 1.807) is 24.3 Å². The second-order valence-corrected chi connectivity index (χ2v) is 8.74. The van der Waals surface area contributed by atoms with E-state index in [-0.39, 0.29) is 12.5 Å². The van der Waals surface area contributed by atoms with Crippen molar-refractivity contribution in [2.24, 2.45) is 0 Å². The van der Waals surface area contributed by atoms with Gasteiger partial charge in [0.15, 0.2) is 11.5 Å². The van der Waals surface area contributed by atoms with Crippen molar-refractivity contribution in [3.8, 4) is 17.2 Å². The molecule has 2 aromatic rings. The van der Waals surface area contributed by atoms with Crippen LogP contribution in [0.25, 0.3) is 0 Å². The zero-order valence-electron chi connectivity index (χ0n) is 19.6. The lowest BCUT2D eigenvalue weighted by molar-refractivity contribution is -0.136. The molecule has 0 saturated carbocycles. The molecule has 1 N–H and O–H groups in total. The Morgan fingerprint density at radius 3 is 2.56 bits per heavy atom. The van der Waals surface area contributed by atoms with Crippen LogP contribution in [-0.2, 0) is 9.53 Å². The molecule has 7 heteroatoms. The summed E-state index contributed by atoms with van der Waals surface area (Å²) in [5, 5.41) is 9.55. The van der Waals surface area contributed by atoms with Gasteiger partial charge in [-0.15, -0.1) is 0 Å². The quantitative estimate of drug-likeness (QED) is 0.323. The van der Waals surface area contributed by atoms with Gasteiger partial charge in [-0.05, 0) is 48.9 Å². The van der Waals surface area contributed by atoms with Crippen LogP contribution in [-0.4, -0.2) is 23.8 Å². The lowest BCUT2D eigenvalue weighted by atomic mass is 10.2. The summed E-state index contributed by atoms with van der Waals surface area (Å²) in [4.78, 5) is 10.9. The normalized spacial score (nSPS) is 13.7. The van der Waals surface area contributed by atoms with E-state index < -0.39 is 5.97 Å². The average molecular weight is 550 g/mol. The Labute approximate surface area is 214 Å². The molecule has 1 unspecified atom stereocenters. The highest BCUT2D eigenvalue weighted by molar-refractivity contribution is 9.11. The smallest absolute Gasteiger partial charge is 0.307 e. The molecule has 34 heavy (non-hydrogen) atoms. The Bertz CT molecular complexity index is 1030. The fourth-order valence-electron chi connectivity index (χ4n) is 3.02. The van der Waals surface area contributed by atoms with Crippen LogP contribution in [0.15, 0.2) is 82.6 Å². The molecule has 182 valence electrons. The number of allylic oxidation sites excluding steroid dienone is 4. The minimum absolute atomic E-state index is 0.0295. The van der Waals surface area contributed by atoms with Crippen LogP contribution in [0.3, 0.4) is 0 Å². The highest BCUT2D eigenvalue weighted by atomic mass is 79.9. The first-order chi connectivity index (χ1) is 16.4. The Balaban J connectivity index is 0.00000199. The maximum absolute atomic E-state index is 10.9. The summed E-state index contributed by atoms with van der Waals surface area (Å²) in [6.07, 6.45) is 6.48. The van der Waals surface area contributed by atoms with E-state index in [0.29, 0.717) is 47.3 Å². The number of hydrogen-bond acceptors (Lipinski definition) is 4. The van der Waals surface area contributed by atoms with E-state index in [1.807, 2.05) is 63.3 Å². The van der Waals surface area contributed by atoms with Crippen LogP contribution in [0.5, 0.6) is 17.2 Å². The topological polar surface area (TPSA) is 65.0 Å².